The molecule has 3 aromatic heterocycles. The van der Waals surface area contributed by atoms with Gasteiger partial charge in [-0.3, -0.25) is 0 Å². The molecule has 50 heavy (non-hydrogen) atoms. The van der Waals surface area contributed by atoms with Gasteiger partial charge in [-0.1, -0.05) is 127 Å². The molecule has 3 heterocycles. The van der Waals surface area contributed by atoms with Crippen LogP contribution in [0.25, 0.3) is 101 Å². The molecule has 0 N–H and O–H groups in total. The minimum absolute atomic E-state index is 0.570. The molecule has 6 nitrogen and oxygen atoms in total. The van der Waals surface area contributed by atoms with Gasteiger partial charge in [0.25, 0.3) is 0 Å². The second-order valence-corrected chi connectivity index (χ2v) is 12.2. The Balaban J connectivity index is 1.22. The standard InChI is InChI=1S/C44H26N4O2/c1-3-13-28(14-4-1)41-46-42(48-43(47-41)34-22-12-24-37-39(34)33-20-9-10-23-36(33)49-37)32-19-8-7-18-30(32)31-21-11-17-27-25-26-35-40(38(27)31)50-44(45-35)29-15-5-2-6-16-29/h1-26H. The van der Waals surface area contributed by atoms with Crippen molar-refractivity contribution in [3.05, 3.63) is 158 Å². The average Bonchev–Trinajstić information content (AvgIpc) is 3.81. The zero-order valence-electron chi connectivity index (χ0n) is 26.6. The first-order valence-corrected chi connectivity index (χ1v) is 16.5. The molecule has 0 aliphatic rings. The number of aromatic nitrogens is 4. The van der Waals surface area contributed by atoms with E-state index in [0.717, 1.165) is 77.2 Å². The van der Waals surface area contributed by atoms with Crippen LogP contribution < -0.4 is 0 Å². The molecule has 7 aromatic carbocycles. The van der Waals surface area contributed by atoms with E-state index in [9.17, 15) is 0 Å². The molecule has 6 heteroatoms. The second-order valence-electron chi connectivity index (χ2n) is 12.2. The molecule has 10 aromatic rings. The van der Waals surface area contributed by atoms with Crippen LogP contribution in [-0.4, -0.2) is 19.9 Å². The molecule has 0 bridgehead atoms. The number of furan rings is 1. The fraction of sp³-hybridized carbons (Fsp3) is 0. The lowest BCUT2D eigenvalue weighted by atomic mass is 9.93. The molecule has 0 unspecified atom stereocenters. The molecule has 0 saturated heterocycles. The molecule has 0 spiro atoms. The van der Waals surface area contributed by atoms with Gasteiger partial charge in [-0.05, 0) is 46.8 Å². The highest BCUT2D eigenvalue weighted by molar-refractivity contribution is 6.13. The maximum absolute atomic E-state index is 6.54. The molecule has 234 valence electrons. The van der Waals surface area contributed by atoms with Gasteiger partial charge in [0.05, 0.1) is 0 Å². The summed E-state index contributed by atoms with van der Waals surface area (Å²) in [5, 5.41) is 4.03. The maximum atomic E-state index is 6.54. The van der Waals surface area contributed by atoms with Crippen molar-refractivity contribution in [3.63, 3.8) is 0 Å². The van der Waals surface area contributed by atoms with Crippen molar-refractivity contribution in [3.8, 4) is 56.7 Å². The number of hydrogen-bond acceptors (Lipinski definition) is 6. The van der Waals surface area contributed by atoms with Gasteiger partial charge in [-0.15, -0.1) is 0 Å². The third kappa shape index (κ3) is 4.58. The van der Waals surface area contributed by atoms with Crippen LogP contribution in [0.4, 0.5) is 0 Å². The predicted molar refractivity (Wildman–Crippen MR) is 199 cm³/mol. The third-order valence-electron chi connectivity index (χ3n) is 9.19. The number of fused-ring (bicyclic) bond motifs is 6. The summed E-state index contributed by atoms with van der Waals surface area (Å²) in [5.41, 5.74) is 8.73. The second kappa shape index (κ2) is 11.4. The van der Waals surface area contributed by atoms with Gasteiger partial charge in [-0.2, -0.15) is 0 Å². The predicted octanol–water partition coefficient (Wildman–Crippen LogP) is 11.4. The number of rotatable bonds is 5. The molecule has 0 aliphatic carbocycles. The normalized spacial score (nSPS) is 11.6. The molecule has 0 fully saturated rings. The van der Waals surface area contributed by atoms with Gasteiger partial charge in [0, 0.05) is 38.4 Å². The Morgan fingerprint density at radius 1 is 0.360 bits per heavy atom. The van der Waals surface area contributed by atoms with Gasteiger partial charge in [-0.25, -0.2) is 19.9 Å². The summed E-state index contributed by atoms with van der Waals surface area (Å²) in [6, 6.07) is 52.9. The Labute approximate surface area is 286 Å². The molecular formula is C44H26N4O2. The monoisotopic (exact) mass is 642 g/mol. The minimum atomic E-state index is 0.570. The van der Waals surface area contributed by atoms with Crippen LogP contribution in [0, 0.1) is 0 Å². The quantitative estimate of drug-likeness (QED) is 0.186. The molecule has 10 rings (SSSR count). The topological polar surface area (TPSA) is 77.8 Å². The van der Waals surface area contributed by atoms with Crippen LogP contribution >= 0.6 is 0 Å². The summed E-state index contributed by atoms with van der Waals surface area (Å²) in [6.07, 6.45) is 0. The highest BCUT2D eigenvalue weighted by atomic mass is 16.3. The van der Waals surface area contributed by atoms with Crippen molar-refractivity contribution in [1.29, 1.82) is 0 Å². The summed E-state index contributed by atoms with van der Waals surface area (Å²) in [4.78, 5) is 20.3. The van der Waals surface area contributed by atoms with Gasteiger partial charge in [0.1, 0.15) is 16.7 Å². The Hall–Kier alpha value is -6.92. The van der Waals surface area contributed by atoms with E-state index in [1.54, 1.807) is 0 Å². The first kappa shape index (κ1) is 28.1. The van der Waals surface area contributed by atoms with Gasteiger partial charge in [0.2, 0.25) is 5.89 Å². The maximum Gasteiger partial charge on any atom is 0.227 e. The Morgan fingerprint density at radius 3 is 1.82 bits per heavy atom. The fourth-order valence-electron chi connectivity index (χ4n) is 6.89. The van der Waals surface area contributed by atoms with Crippen molar-refractivity contribution in [2.45, 2.75) is 0 Å². The zero-order valence-corrected chi connectivity index (χ0v) is 26.6. The van der Waals surface area contributed by atoms with Gasteiger partial charge >= 0.3 is 0 Å². The summed E-state index contributed by atoms with van der Waals surface area (Å²) in [7, 11) is 0. The minimum Gasteiger partial charge on any atom is -0.456 e. The number of benzene rings is 7. The fourth-order valence-corrected chi connectivity index (χ4v) is 6.89. The largest absolute Gasteiger partial charge is 0.456 e. The lowest BCUT2D eigenvalue weighted by Crippen LogP contribution is -2.01. The van der Waals surface area contributed by atoms with E-state index in [4.69, 9.17) is 28.8 Å². The highest BCUT2D eigenvalue weighted by Crippen LogP contribution is 2.41. The van der Waals surface area contributed by atoms with E-state index in [2.05, 4.69) is 48.5 Å². The third-order valence-corrected chi connectivity index (χ3v) is 9.19. The van der Waals surface area contributed by atoms with Crippen LogP contribution in [-0.2, 0) is 0 Å². The smallest absolute Gasteiger partial charge is 0.227 e. The molecule has 0 amide bonds. The SMILES string of the molecule is c1ccc(-c2nc(-c3ccccc3-c3cccc4ccc5nc(-c6ccccc6)oc5c34)nc(-c3cccc4oc5ccccc5c34)n2)cc1. The van der Waals surface area contributed by atoms with E-state index in [1.807, 2.05) is 109 Å². The van der Waals surface area contributed by atoms with Gasteiger partial charge < -0.3 is 8.83 Å². The summed E-state index contributed by atoms with van der Waals surface area (Å²) in [5.74, 6) is 2.32. The Morgan fingerprint density at radius 2 is 0.980 bits per heavy atom. The number of hydrogen-bond donors (Lipinski definition) is 0. The molecule has 0 atom stereocenters. The van der Waals surface area contributed by atoms with E-state index in [-0.39, 0.29) is 0 Å². The lowest BCUT2D eigenvalue weighted by molar-refractivity contribution is 0.623. The molecular weight excluding hydrogens is 617 g/mol. The first-order valence-electron chi connectivity index (χ1n) is 16.5. The Kier molecular flexibility index (Phi) is 6.39. The number of para-hydroxylation sites is 1. The number of nitrogens with zero attached hydrogens (tertiary/aromatic N) is 4. The molecule has 0 radical (unpaired) electrons. The zero-order chi connectivity index (χ0) is 33.0. The summed E-state index contributed by atoms with van der Waals surface area (Å²) < 4.78 is 12.8. The summed E-state index contributed by atoms with van der Waals surface area (Å²) in [6.45, 7) is 0. The van der Waals surface area contributed by atoms with Crippen LogP contribution in [0.1, 0.15) is 0 Å². The van der Waals surface area contributed by atoms with Crippen LogP contribution in [0.2, 0.25) is 0 Å². The van der Waals surface area contributed by atoms with Crippen molar-refractivity contribution in [2.75, 3.05) is 0 Å². The van der Waals surface area contributed by atoms with Gasteiger partial charge in [0.15, 0.2) is 23.1 Å². The molecule has 0 aliphatic heterocycles. The van der Waals surface area contributed by atoms with Crippen molar-refractivity contribution >= 4 is 43.8 Å². The van der Waals surface area contributed by atoms with E-state index < -0.39 is 0 Å². The van der Waals surface area contributed by atoms with E-state index in [1.165, 1.54) is 0 Å². The van der Waals surface area contributed by atoms with Crippen molar-refractivity contribution in [2.24, 2.45) is 0 Å². The van der Waals surface area contributed by atoms with Crippen LogP contribution in [0.3, 0.4) is 0 Å². The number of oxazole rings is 1. The average molecular weight is 643 g/mol. The highest BCUT2D eigenvalue weighted by Gasteiger charge is 2.21. The van der Waals surface area contributed by atoms with Crippen LogP contribution in [0.5, 0.6) is 0 Å². The first-order chi connectivity index (χ1) is 24.8. The molecule has 0 saturated carbocycles. The van der Waals surface area contributed by atoms with E-state index >= 15 is 0 Å². The van der Waals surface area contributed by atoms with Crippen molar-refractivity contribution < 1.29 is 8.83 Å². The van der Waals surface area contributed by atoms with Crippen LogP contribution in [0.15, 0.2) is 167 Å². The Bertz CT molecular complexity index is 2880. The van der Waals surface area contributed by atoms with Crippen molar-refractivity contribution in [1.82, 2.24) is 19.9 Å². The summed E-state index contributed by atoms with van der Waals surface area (Å²) >= 11 is 0. The van der Waals surface area contributed by atoms with E-state index in [0.29, 0.717) is 23.4 Å². The lowest BCUT2D eigenvalue weighted by Gasteiger charge is -2.14.